The number of aliphatic hydroxyl groups excluding tert-OH is 1. The number of aryl methyl sites for hydroxylation is 1. The molecule has 1 aliphatic heterocycles. The SMILES string of the molecule is CCCOc1ccc(/C(O)=C2/C(=O)C(=O)N(CCN(CC)CC)C2c2ccccc2C)cc1. The second-order valence-corrected chi connectivity index (χ2v) is 8.25. The molecule has 1 amide bonds. The van der Waals surface area contributed by atoms with Crippen LogP contribution in [0.4, 0.5) is 0 Å². The molecule has 0 radical (unpaired) electrons. The first-order chi connectivity index (χ1) is 15.9. The number of likely N-dealkylation sites (N-methyl/N-ethyl adjacent to an activating group) is 1. The van der Waals surface area contributed by atoms with E-state index in [1.807, 2.05) is 38.1 Å². The van der Waals surface area contributed by atoms with Gasteiger partial charge in [0.05, 0.1) is 18.2 Å². The first-order valence-electron chi connectivity index (χ1n) is 11.7. The number of rotatable bonds is 10. The lowest BCUT2D eigenvalue weighted by atomic mass is 9.92. The molecule has 0 saturated carbocycles. The molecule has 1 heterocycles. The maximum atomic E-state index is 13.2. The maximum absolute atomic E-state index is 13.2. The van der Waals surface area contributed by atoms with E-state index < -0.39 is 17.7 Å². The van der Waals surface area contributed by atoms with Crippen molar-refractivity contribution in [2.45, 2.75) is 40.2 Å². The molecule has 2 aromatic rings. The zero-order valence-electron chi connectivity index (χ0n) is 20.0. The molecule has 0 aromatic heterocycles. The molecule has 1 unspecified atom stereocenters. The Kier molecular flexibility index (Phi) is 8.28. The van der Waals surface area contributed by atoms with Crippen LogP contribution in [0.5, 0.6) is 5.75 Å². The molecule has 0 bridgehead atoms. The summed E-state index contributed by atoms with van der Waals surface area (Å²) >= 11 is 0. The number of amides is 1. The molecule has 0 spiro atoms. The van der Waals surface area contributed by atoms with Gasteiger partial charge in [0.2, 0.25) is 0 Å². The predicted octanol–water partition coefficient (Wildman–Crippen LogP) is 4.55. The van der Waals surface area contributed by atoms with Crippen LogP contribution in [-0.4, -0.2) is 59.4 Å². The average molecular weight is 451 g/mol. The topological polar surface area (TPSA) is 70.1 Å². The van der Waals surface area contributed by atoms with Gasteiger partial charge >= 0.3 is 0 Å². The van der Waals surface area contributed by atoms with E-state index >= 15 is 0 Å². The second kappa shape index (κ2) is 11.1. The minimum Gasteiger partial charge on any atom is -0.507 e. The first kappa shape index (κ1) is 24.5. The van der Waals surface area contributed by atoms with Crippen LogP contribution in [-0.2, 0) is 9.59 Å². The van der Waals surface area contributed by atoms with Crippen molar-refractivity contribution in [1.29, 1.82) is 0 Å². The second-order valence-electron chi connectivity index (χ2n) is 8.25. The van der Waals surface area contributed by atoms with Gasteiger partial charge in [0, 0.05) is 18.7 Å². The zero-order chi connectivity index (χ0) is 24.0. The summed E-state index contributed by atoms with van der Waals surface area (Å²) in [4.78, 5) is 30.1. The number of benzene rings is 2. The van der Waals surface area contributed by atoms with E-state index in [2.05, 4.69) is 18.7 Å². The van der Waals surface area contributed by atoms with Crippen LogP contribution in [0.3, 0.4) is 0 Å². The molecule has 0 aliphatic carbocycles. The molecule has 1 fully saturated rings. The number of likely N-dealkylation sites (tertiary alicyclic amines) is 1. The quantitative estimate of drug-likeness (QED) is 0.327. The van der Waals surface area contributed by atoms with Crippen molar-refractivity contribution in [3.8, 4) is 5.75 Å². The van der Waals surface area contributed by atoms with Gasteiger partial charge in [-0.05, 0) is 61.8 Å². The number of hydrogen-bond acceptors (Lipinski definition) is 5. The van der Waals surface area contributed by atoms with Crippen LogP contribution in [0.25, 0.3) is 5.76 Å². The van der Waals surface area contributed by atoms with Gasteiger partial charge in [-0.3, -0.25) is 9.59 Å². The molecule has 1 atom stereocenters. The molecule has 33 heavy (non-hydrogen) atoms. The normalized spacial score (nSPS) is 17.7. The van der Waals surface area contributed by atoms with E-state index in [0.717, 1.165) is 30.6 Å². The third-order valence-corrected chi connectivity index (χ3v) is 6.18. The standard InChI is InChI=1S/C27H34N2O4/c1-5-18-33-21-14-12-20(13-15-21)25(30)23-24(22-11-9-8-10-19(22)4)29(27(32)26(23)31)17-16-28(6-2)7-3/h8-15,24,30H,5-7,16-18H2,1-4H3/b25-23-. The number of Topliss-reactive ketones (excluding diaryl/α,β-unsaturated/α-hetero) is 1. The van der Waals surface area contributed by atoms with Gasteiger partial charge in [-0.1, -0.05) is 45.0 Å². The fourth-order valence-corrected chi connectivity index (χ4v) is 4.20. The number of hydrogen-bond donors (Lipinski definition) is 1. The zero-order valence-corrected chi connectivity index (χ0v) is 20.0. The van der Waals surface area contributed by atoms with Gasteiger partial charge in [0.1, 0.15) is 11.5 Å². The van der Waals surface area contributed by atoms with Crippen molar-refractivity contribution in [2.24, 2.45) is 0 Å². The summed E-state index contributed by atoms with van der Waals surface area (Å²) in [7, 11) is 0. The first-order valence-corrected chi connectivity index (χ1v) is 11.7. The van der Waals surface area contributed by atoms with Gasteiger partial charge in [-0.15, -0.1) is 0 Å². The van der Waals surface area contributed by atoms with Crippen molar-refractivity contribution >= 4 is 17.4 Å². The van der Waals surface area contributed by atoms with Gasteiger partial charge < -0.3 is 19.6 Å². The Balaban J connectivity index is 2.04. The lowest BCUT2D eigenvalue weighted by molar-refractivity contribution is -0.140. The number of nitrogens with zero attached hydrogens (tertiary/aromatic N) is 2. The lowest BCUT2D eigenvalue weighted by Crippen LogP contribution is -2.38. The minimum atomic E-state index is -0.647. The van der Waals surface area contributed by atoms with Crippen LogP contribution in [0, 0.1) is 6.92 Å². The molecule has 6 heteroatoms. The fourth-order valence-electron chi connectivity index (χ4n) is 4.20. The third kappa shape index (κ3) is 5.28. The molecule has 176 valence electrons. The number of carbonyl (C=O) groups excluding carboxylic acids is 2. The Morgan fingerprint density at radius 1 is 1.03 bits per heavy atom. The summed E-state index contributed by atoms with van der Waals surface area (Å²) in [5.74, 6) is -0.677. The molecule has 1 aliphatic rings. The van der Waals surface area contributed by atoms with Crippen LogP contribution in [0.2, 0.25) is 0 Å². The van der Waals surface area contributed by atoms with Crippen LogP contribution in [0.15, 0.2) is 54.1 Å². The Morgan fingerprint density at radius 3 is 2.30 bits per heavy atom. The maximum Gasteiger partial charge on any atom is 0.295 e. The summed E-state index contributed by atoms with van der Waals surface area (Å²) in [5.41, 5.74) is 2.43. The smallest absolute Gasteiger partial charge is 0.295 e. The van der Waals surface area contributed by atoms with Gasteiger partial charge in [0.15, 0.2) is 0 Å². The van der Waals surface area contributed by atoms with Gasteiger partial charge in [-0.2, -0.15) is 0 Å². The van der Waals surface area contributed by atoms with E-state index in [-0.39, 0.29) is 11.3 Å². The third-order valence-electron chi connectivity index (χ3n) is 6.18. The lowest BCUT2D eigenvalue weighted by Gasteiger charge is -2.29. The number of carbonyl (C=O) groups is 2. The average Bonchev–Trinajstić information content (AvgIpc) is 3.08. The highest BCUT2D eigenvalue weighted by molar-refractivity contribution is 6.46. The van der Waals surface area contributed by atoms with Gasteiger partial charge in [0.25, 0.3) is 11.7 Å². The monoisotopic (exact) mass is 450 g/mol. The van der Waals surface area contributed by atoms with Crippen molar-refractivity contribution in [3.63, 3.8) is 0 Å². The molecular formula is C27H34N2O4. The van der Waals surface area contributed by atoms with Gasteiger partial charge in [-0.25, -0.2) is 0 Å². The van der Waals surface area contributed by atoms with Crippen LogP contribution in [0.1, 0.15) is 49.9 Å². The Bertz CT molecular complexity index is 1010. The number of aliphatic hydroxyl groups is 1. The number of ketones is 1. The van der Waals surface area contributed by atoms with Crippen LogP contribution >= 0.6 is 0 Å². The Morgan fingerprint density at radius 2 is 1.70 bits per heavy atom. The highest BCUT2D eigenvalue weighted by Gasteiger charge is 2.46. The van der Waals surface area contributed by atoms with Crippen LogP contribution < -0.4 is 4.74 Å². The van der Waals surface area contributed by atoms with E-state index in [9.17, 15) is 14.7 Å². The summed E-state index contributed by atoms with van der Waals surface area (Å²) in [6.45, 7) is 11.5. The van der Waals surface area contributed by atoms with Crippen molar-refractivity contribution in [3.05, 3.63) is 70.8 Å². The van der Waals surface area contributed by atoms with E-state index in [1.165, 1.54) is 0 Å². The van der Waals surface area contributed by atoms with Crippen molar-refractivity contribution < 1.29 is 19.4 Å². The van der Waals surface area contributed by atoms with E-state index in [0.29, 0.717) is 31.0 Å². The molecule has 1 N–H and O–H groups in total. The van der Waals surface area contributed by atoms with Crippen molar-refractivity contribution in [2.75, 3.05) is 32.8 Å². The molecule has 2 aromatic carbocycles. The fraction of sp³-hybridized carbons (Fsp3) is 0.407. The van der Waals surface area contributed by atoms with E-state index in [4.69, 9.17) is 4.74 Å². The summed E-state index contributed by atoms with van der Waals surface area (Å²) in [6, 6.07) is 14.1. The summed E-state index contributed by atoms with van der Waals surface area (Å²) in [6.07, 6.45) is 0.898. The Labute approximate surface area is 196 Å². The predicted molar refractivity (Wildman–Crippen MR) is 130 cm³/mol. The summed E-state index contributed by atoms with van der Waals surface area (Å²) in [5, 5.41) is 11.2. The summed E-state index contributed by atoms with van der Waals surface area (Å²) < 4.78 is 5.62. The van der Waals surface area contributed by atoms with Crippen molar-refractivity contribution in [1.82, 2.24) is 9.80 Å². The largest absolute Gasteiger partial charge is 0.507 e. The molecule has 1 saturated heterocycles. The Hall–Kier alpha value is -3.12. The van der Waals surface area contributed by atoms with E-state index in [1.54, 1.807) is 29.2 Å². The molecular weight excluding hydrogens is 416 g/mol. The molecule has 6 nitrogen and oxygen atoms in total. The number of ether oxygens (including phenoxy) is 1. The highest BCUT2D eigenvalue weighted by atomic mass is 16.5. The molecule has 3 rings (SSSR count). The highest BCUT2D eigenvalue weighted by Crippen LogP contribution is 2.40. The minimum absolute atomic E-state index is 0.135.